The summed E-state index contributed by atoms with van der Waals surface area (Å²) in [7, 11) is 0. The highest BCUT2D eigenvalue weighted by Gasteiger charge is 2.15. The van der Waals surface area contributed by atoms with E-state index in [-0.39, 0.29) is 5.91 Å². The van der Waals surface area contributed by atoms with Crippen molar-refractivity contribution in [3.05, 3.63) is 79.8 Å². The lowest BCUT2D eigenvalue weighted by Gasteiger charge is -2.08. The van der Waals surface area contributed by atoms with Gasteiger partial charge in [-0.05, 0) is 65.1 Å². The van der Waals surface area contributed by atoms with Crippen LogP contribution in [0.3, 0.4) is 0 Å². The lowest BCUT2D eigenvalue weighted by Crippen LogP contribution is -2.13. The van der Waals surface area contributed by atoms with E-state index in [0.29, 0.717) is 32.3 Å². The quantitative estimate of drug-likeness (QED) is 0.367. The molecular formula is C19H11Cl2IN4O. The van der Waals surface area contributed by atoms with E-state index in [2.05, 4.69) is 38.1 Å². The van der Waals surface area contributed by atoms with Gasteiger partial charge in [-0.2, -0.15) is 4.80 Å². The number of anilines is 1. The van der Waals surface area contributed by atoms with Crippen LogP contribution >= 0.6 is 45.8 Å². The first-order valence-electron chi connectivity index (χ1n) is 7.90. The third-order valence-electron chi connectivity index (χ3n) is 3.88. The Hall–Kier alpha value is -2.16. The molecule has 0 saturated heterocycles. The van der Waals surface area contributed by atoms with Gasteiger partial charge in [-0.25, -0.2) is 0 Å². The first-order valence-corrected chi connectivity index (χ1v) is 9.73. The summed E-state index contributed by atoms with van der Waals surface area (Å²) < 4.78 is 0.912. The number of amides is 1. The molecule has 0 aliphatic rings. The van der Waals surface area contributed by atoms with Crippen molar-refractivity contribution in [3.63, 3.8) is 0 Å². The maximum Gasteiger partial charge on any atom is 0.257 e. The van der Waals surface area contributed by atoms with Gasteiger partial charge in [-0.1, -0.05) is 41.4 Å². The van der Waals surface area contributed by atoms with Crippen molar-refractivity contribution in [2.75, 3.05) is 5.32 Å². The first kappa shape index (κ1) is 18.2. The largest absolute Gasteiger partial charge is 0.321 e. The third kappa shape index (κ3) is 3.78. The fourth-order valence-corrected chi connectivity index (χ4v) is 3.47. The average Bonchev–Trinajstić information content (AvgIpc) is 3.07. The minimum atomic E-state index is -0.338. The third-order valence-corrected chi connectivity index (χ3v) is 5.19. The van der Waals surface area contributed by atoms with Crippen molar-refractivity contribution in [1.82, 2.24) is 15.0 Å². The molecule has 134 valence electrons. The van der Waals surface area contributed by atoms with E-state index in [0.717, 1.165) is 9.26 Å². The zero-order chi connectivity index (χ0) is 19.0. The van der Waals surface area contributed by atoms with Crippen molar-refractivity contribution in [2.24, 2.45) is 0 Å². The van der Waals surface area contributed by atoms with Crippen LogP contribution in [-0.2, 0) is 0 Å². The van der Waals surface area contributed by atoms with Crippen LogP contribution < -0.4 is 5.32 Å². The van der Waals surface area contributed by atoms with E-state index < -0.39 is 0 Å². The van der Waals surface area contributed by atoms with Crippen LogP contribution in [0.15, 0.2) is 60.7 Å². The number of hydrogen-bond donors (Lipinski definition) is 1. The van der Waals surface area contributed by atoms with Crippen LogP contribution in [0.2, 0.25) is 10.0 Å². The highest BCUT2D eigenvalue weighted by atomic mass is 127. The van der Waals surface area contributed by atoms with E-state index >= 15 is 0 Å². The van der Waals surface area contributed by atoms with Gasteiger partial charge in [0.1, 0.15) is 11.0 Å². The molecule has 0 aliphatic carbocycles. The Labute approximate surface area is 178 Å². The molecule has 1 amide bonds. The molecule has 0 unspecified atom stereocenters. The maximum absolute atomic E-state index is 12.6. The summed E-state index contributed by atoms with van der Waals surface area (Å²) in [4.78, 5) is 14.1. The molecule has 0 saturated carbocycles. The van der Waals surface area contributed by atoms with Crippen LogP contribution in [0.1, 0.15) is 10.4 Å². The Morgan fingerprint density at radius 1 is 0.926 bits per heavy atom. The van der Waals surface area contributed by atoms with Crippen LogP contribution in [-0.4, -0.2) is 20.9 Å². The van der Waals surface area contributed by atoms with Gasteiger partial charge in [0, 0.05) is 3.57 Å². The molecule has 0 bridgehead atoms. The second-order valence-corrected chi connectivity index (χ2v) is 7.78. The Morgan fingerprint density at radius 3 is 2.37 bits per heavy atom. The number of halogens is 3. The van der Waals surface area contributed by atoms with Crippen molar-refractivity contribution >= 4 is 68.4 Å². The normalized spacial score (nSPS) is 10.9. The Kier molecular flexibility index (Phi) is 5.03. The van der Waals surface area contributed by atoms with Crippen LogP contribution in [0.25, 0.3) is 16.7 Å². The highest BCUT2D eigenvalue weighted by molar-refractivity contribution is 14.1. The Bertz CT molecular complexity index is 1160. The molecule has 3 aromatic carbocycles. The van der Waals surface area contributed by atoms with Gasteiger partial charge >= 0.3 is 0 Å². The maximum atomic E-state index is 12.6. The summed E-state index contributed by atoms with van der Waals surface area (Å²) in [6, 6.07) is 18.2. The molecule has 0 fully saturated rings. The second-order valence-electron chi connectivity index (χ2n) is 5.72. The molecule has 5 nitrogen and oxygen atoms in total. The first-order chi connectivity index (χ1) is 13.0. The van der Waals surface area contributed by atoms with Gasteiger partial charge in [-0.15, -0.1) is 10.2 Å². The number of nitrogens with one attached hydrogen (secondary N) is 1. The molecule has 8 heteroatoms. The lowest BCUT2D eigenvalue weighted by molar-refractivity contribution is 0.102. The van der Waals surface area contributed by atoms with Crippen molar-refractivity contribution in [2.45, 2.75) is 0 Å². The number of hydrogen-bond acceptors (Lipinski definition) is 3. The predicted octanol–water partition coefficient (Wildman–Crippen LogP) is 5.58. The number of aromatic nitrogens is 3. The molecule has 0 atom stereocenters. The zero-order valence-corrected chi connectivity index (χ0v) is 17.3. The SMILES string of the molecule is O=C(Nc1cc2nn(-c3ccccc3)nc2cc1Cl)c1cc(I)ccc1Cl. The Morgan fingerprint density at radius 2 is 1.63 bits per heavy atom. The molecule has 0 radical (unpaired) electrons. The van der Waals surface area contributed by atoms with Gasteiger partial charge in [0.25, 0.3) is 5.91 Å². The number of rotatable bonds is 3. The smallest absolute Gasteiger partial charge is 0.257 e. The molecule has 1 heterocycles. The van der Waals surface area contributed by atoms with Gasteiger partial charge < -0.3 is 5.32 Å². The van der Waals surface area contributed by atoms with Gasteiger partial charge in [-0.3, -0.25) is 4.79 Å². The number of para-hydroxylation sites is 1. The van der Waals surface area contributed by atoms with E-state index in [4.69, 9.17) is 23.2 Å². The van der Waals surface area contributed by atoms with Crippen LogP contribution in [0.5, 0.6) is 0 Å². The minimum absolute atomic E-state index is 0.338. The van der Waals surface area contributed by atoms with E-state index in [1.807, 2.05) is 36.4 Å². The summed E-state index contributed by atoms with van der Waals surface area (Å²) in [5.74, 6) is -0.338. The fourth-order valence-electron chi connectivity index (χ4n) is 2.57. The summed E-state index contributed by atoms with van der Waals surface area (Å²) in [5, 5.41) is 12.4. The molecule has 1 N–H and O–H groups in total. The zero-order valence-electron chi connectivity index (χ0n) is 13.7. The van der Waals surface area contributed by atoms with E-state index in [1.165, 1.54) is 4.80 Å². The molecule has 0 spiro atoms. The summed E-state index contributed by atoms with van der Waals surface area (Å²) in [6.07, 6.45) is 0. The molecule has 0 aliphatic heterocycles. The van der Waals surface area contributed by atoms with E-state index in [1.54, 1.807) is 24.3 Å². The molecule has 4 aromatic rings. The summed E-state index contributed by atoms with van der Waals surface area (Å²) in [6.45, 7) is 0. The second kappa shape index (κ2) is 7.46. The molecule has 1 aromatic heterocycles. The number of carbonyl (C=O) groups is 1. The lowest BCUT2D eigenvalue weighted by atomic mass is 10.2. The van der Waals surface area contributed by atoms with E-state index in [9.17, 15) is 4.79 Å². The highest BCUT2D eigenvalue weighted by Crippen LogP contribution is 2.28. The number of nitrogens with zero attached hydrogens (tertiary/aromatic N) is 3. The van der Waals surface area contributed by atoms with Gasteiger partial charge in [0.2, 0.25) is 0 Å². The topological polar surface area (TPSA) is 59.8 Å². The average molecular weight is 509 g/mol. The Balaban J connectivity index is 1.69. The fraction of sp³-hybridized carbons (Fsp3) is 0. The van der Waals surface area contributed by atoms with Crippen molar-refractivity contribution in [1.29, 1.82) is 0 Å². The van der Waals surface area contributed by atoms with Crippen LogP contribution in [0.4, 0.5) is 5.69 Å². The van der Waals surface area contributed by atoms with Crippen molar-refractivity contribution in [3.8, 4) is 5.69 Å². The predicted molar refractivity (Wildman–Crippen MR) is 116 cm³/mol. The number of carbonyl (C=O) groups excluding carboxylic acids is 1. The molecule has 27 heavy (non-hydrogen) atoms. The van der Waals surface area contributed by atoms with Crippen molar-refractivity contribution < 1.29 is 4.79 Å². The molecule has 4 rings (SSSR count). The number of fused-ring (bicyclic) bond motifs is 1. The van der Waals surface area contributed by atoms with Crippen LogP contribution in [0, 0.1) is 3.57 Å². The number of benzene rings is 3. The minimum Gasteiger partial charge on any atom is -0.321 e. The van der Waals surface area contributed by atoms with Gasteiger partial charge in [0.05, 0.1) is 27.0 Å². The monoisotopic (exact) mass is 508 g/mol. The molecular weight excluding hydrogens is 498 g/mol. The van der Waals surface area contributed by atoms with Gasteiger partial charge in [0.15, 0.2) is 0 Å². The standard InChI is InChI=1S/C19H11Cl2IN4O/c20-14-7-6-11(22)8-13(14)19(27)23-16-10-18-17(9-15(16)21)24-26(25-18)12-4-2-1-3-5-12/h1-10H,(H,23,27). The summed E-state index contributed by atoms with van der Waals surface area (Å²) in [5.41, 5.74) is 2.92. The summed E-state index contributed by atoms with van der Waals surface area (Å²) >= 11 is 14.6.